The second kappa shape index (κ2) is 9.23. The first-order chi connectivity index (χ1) is 12.3. The van der Waals surface area contributed by atoms with Gasteiger partial charge in [0.2, 0.25) is 5.91 Å². The number of amides is 2. The Kier molecular flexibility index (Phi) is 7.28. The van der Waals surface area contributed by atoms with Gasteiger partial charge in [0.15, 0.2) is 11.6 Å². The van der Waals surface area contributed by atoms with Crippen molar-refractivity contribution in [3.05, 3.63) is 56.2 Å². The van der Waals surface area contributed by atoms with Crippen molar-refractivity contribution in [1.29, 1.82) is 0 Å². The van der Waals surface area contributed by atoms with Crippen molar-refractivity contribution in [2.45, 2.75) is 38.8 Å². The Morgan fingerprint density at radius 1 is 1.12 bits per heavy atom. The second-order valence-electron chi connectivity index (χ2n) is 6.00. The van der Waals surface area contributed by atoms with E-state index in [2.05, 4.69) is 26.6 Å². The summed E-state index contributed by atoms with van der Waals surface area (Å²) in [7, 11) is 0. The maximum atomic E-state index is 13.2. The fraction of sp³-hybridized carbons (Fsp3) is 0.333. The number of rotatable bonds is 7. The van der Waals surface area contributed by atoms with Gasteiger partial charge in [-0.25, -0.2) is 8.78 Å². The minimum Gasteiger partial charge on any atom is -0.352 e. The third-order valence-corrected chi connectivity index (χ3v) is 5.40. The zero-order valence-electron chi connectivity index (χ0n) is 14.3. The van der Waals surface area contributed by atoms with Gasteiger partial charge in [-0.2, -0.15) is 0 Å². The predicted molar refractivity (Wildman–Crippen MR) is 101 cm³/mol. The highest BCUT2D eigenvalue weighted by Crippen LogP contribution is 2.21. The Morgan fingerprint density at radius 3 is 2.46 bits per heavy atom. The molecule has 0 saturated heterocycles. The van der Waals surface area contributed by atoms with Gasteiger partial charge in [0, 0.05) is 6.04 Å². The van der Waals surface area contributed by atoms with Crippen LogP contribution in [-0.2, 0) is 11.2 Å². The van der Waals surface area contributed by atoms with Crippen molar-refractivity contribution >= 4 is 39.1 Å². The van der Waals surface area contributed by atoms with Crippen LogP contribution in [0.15, 0.2) is 34.1 Å². The number of halogens is 3. The van der Waals surface area contributed by atoms with E-state index in [-0.39, 0.29) is 17.9 Å². The highest BCUT2D eigenvalue weighted by Gasteiger charge is 2.19. The molecule has 2 aromatic rings. The summed E-state index contributed by atoms with van der Waals surface area (Å²) in [6.07, 6.45) is 1.07. The highest BCUT2D eigenvalue weighted by atomic mass is 79.9. The molecule has 2 rings (SSSR count). The third-order valence-electron chi connectivity index (χ3n) is 3.78. The summed E-state index contributed by atoms with van der Waals surface area (Å²) >= 11 is 4.58. The van der Waals surface area contributed by atoms with Gasteiger partial charge >= 0.3 is 0 Å². The smallest absolute Gasteiger partial charge is 0.262 e. The lowest BCUT2D eigenvalue weighted by Crippen LogP contribution is -2.47. The Bertz CT molecular complexity index is 797. The minimum atomic E-state index is -0.879. The maximum Gasteiger partial charge on any atom is 0.262 e. The maximum absolute atomic E-state index is 13.2. The van der Waals surface area contributed by atoms with Crippen molar-refractivity contribution in [1.82, 2.24) is 10.6 Å². The number of thiophene rings is 1. The molecule has 1 aromatic heterocycles. The van der Waals surface area contributed by atoms with Gasteiger partial charge in [0.1, 0.15) is 6.04 Å². The van der Waals surface area contributed by atoms with E-state index >= 15 is 0 Å². The van der Waals surface area contributed by atoms with Crippen molar-refractivity contribution in [3.63, 3.8) is 0 Å². The van der Waals surface area contributed by atoms with E-state index in [9.17, 15) is 18.4 Å². The molecule has 8 heteroatoms. The first-order valence-corrected chi connectivity index (χ1v) is 9.67. The van der Waals surface area contributed by atoms with Gasteiger partial charge in [-0.3, -0.25) is 9.59 Å². The molecule has 0 aliphatic rings. The van der Waals surface area contributed by atoms with Crippen LogP contribution in [0, 0.1) is 11.6 Å². The molecule has 0 saturated carbocycles. The average Bonchev–Trinajstić information content (AvgIpc) is 3.02. The molecule has 1 heterocycles. The molecule has 0 radical (unpaired) electrons. The van der Waals surface area contributed by atoms with E-state index < -0.39 is 17.7 Å². The molecule has 0 aliphatic carbocycles. The van der Waals surface area contributed by atoms with Crippen molar-refractivity contribution in [2.24, 2.45) is 0 Å². The minimum absolute atomic E-state index is 0.175. The quantitative estimate of drug-likeness (QED) is 0.676. The fourth-order valence-electron chi connectivity index (χ4n) is 2.29. The zero-order chi connectivity index (χ0) is 19.3. The SMILES string of the molecule is CC(CCc1ccc(F)c(F)c1)NC(=O)C(C)NC(=O)c1ccc(Br)s1. The fourth-order valence-corrected chi connectivity index (χ4v) is 3.58. The molecule has 0 bridgehead atoms. The lowest BCUT2D eigenvalue weighted by Gasteiger charge is -2.18. The van der Waals surface area contributed by atoms with E-state index in [0.29, 0.717) is 23.3 Å². The van der Waals surface area contributed by atoms with Crippen molar-refractivity contribution in [2.75, 3.05) is 0 Å². The van der Waals surface area contributed by atoms with Crippen LogP contribution >= 0.6 is 27.3 Å². The highest BCUT2D eigenvalue weighted by molar-refractivity contribution is 9.11. The first-order valence-electron chi connectivity index (χ1n) is 8.06. The summed E-state index contributed by atoms with van der Waals surface area (Å²) in [5.41, 5.74) is 0.662. The number of hydrogen-bond acceptors (Lipinski definition) is 3. The number of carbonyl (C=O) groups is 2. The molecule has 0 aliphatic heterocycles. The molecule has 2 unspecified atom stereocenters. The summed E-state index contributed by atoms with van der Waals surface area (Å²) in [6, 6.07) is 6.36. The molecule has 0 spiro atoms. The normalized spacial score (nSPS) is 13.1. The van der Waals surface area contributed by atoms with Crippen LogP contribution in [0.3, 0.4) is 0 Å². The van der Waals surface area contributed by atoms with Crippen molar-refractivity contribution in [3.8, 4) is 0 Å². The number of hydrogen-bond donors (Lipinski definition) is 2. The topological polar surface area (TPSA) is 58.2 Å². The Morgan fingerprint density at radius 2 is 1.85 bits per heavy atom. The second-order valence-corrected chi connectivity index (χ2v) is 8.46. The number of aryl methyl sites for hydroxylation is 1. The van der Waals surface area contributed by atoms with Gasteiger partial charge in [-0.05, 0) is 72.4 Å². The number of nitrogens with one attached hydrogen (secondary N) is 2. The molecular formula is C18H19BrF2N2O2S. The predicted octanol–water partition coefficient (Wildman–Crippen LogP) is 4.04. The molecule has 2 atom stereocenters. The van der Waals surface area contributed by atoms with Crippen LogP contribution in [0.4, 0.5) is 8.78 Å². The van der Waals surface area contributed by atoms with Crippen LogP contribution in [0.25, 0.3) is 0 Å². The summed E-state index contributed by atoms with van der Waals surface area (Å²) in [6.45, 7) is 3.43. The number of benzene rings is 1. The van der Waals surface area contributed by atoms with Gasteiger partial charge in [0.25, 0.3) is 5.91 Å². The molecule has 0 fully saturated rings. The molecule has 140 valence electrons. The summed E-state index contributed by atoms with van der Waals surface area (Å²) in [5, 5.41) is 5.46. The largest absolute Gasteiger partial charge is 0.352 e. The Hall–Kier alpha value is -1.80. The van der Waals surface area contributed by atoms with Gasteiger partial charge in [-0.1, -0.05) is 6.07 Å². The van der Waals surface area contributed by atoms with Gasteiger partial charge < -0.3 is 10.6 Å². The Balaban J connectivity index is 1.80. The van der Waals surface area contributed by atoms with Crippen LogP contribution < -0.4 is 10.6 Å². The van der Waals surface area contributed by atoms with Gasteiger partial charge in [-0.15, -0.1) is 11.3 Å². The van der Waals surface area contributed by atoms with E-state index in [1.54, 1.807) is 19.1 Å². The van der Waals surface area contributed by atoms with Gasteiger partial charge in [0.05, 0.1) is 8.66 Å². The molecule has 1 aromatic carbocycles. The zero-order valence-corrected chi connectivity index (χ0v) is 16.7. The average molecular weight is 445 g/mol. The van der Waals surface area contributed by atoms with E-state index in [4.69, 9.17) is 0 Å². The monoisotopic (exact) mass is 444 g/mol. The summed E-state index contributed by atoms with van der Waals surface area (Å²) in [5.74, 6) is -2.36. The molecule has 26 heavy (non-hydrogen) atoms. The van der Waals surface area contributed by atoms with E-state index in [1.165, 1.54) is 17.4 Å². The molecular weight excluding hydrogens is 426 g/mol. The lowest BCUT2D eigenvalue weighted by molar-refractivity contribution is -0.123. The Labute approximate surface area is 163 Å². The van der Waals surface area contributed by atoms with Crippen LogP contribution in [0.2, 0.25) is 0 Å². The van der Waals surface area contributed by atoms with Crippen LogP contribution in [0.1, 0.15) is 35.5 Å². The summed E-state index contributed by atoms with van der Waals surface area (Å²) < 4.78 is 27.0. The lowest BCUT2D eigenvalue weighted by atomic mass is 10.1. The van der Waals surface area contributed by atoms with E-state index in [0.717, 1.165) is 15.9 Å². The third kappa shape index (κ3) is 5.88. The molecule has 4 nitrogen and oxygen atoms in total. The summed E-state index contributed by atoms with van der Waals surface area (Å²) in [4.78, 5) is 24.8. The molecule has 2 N–H and O–H groups in total. The van der Waals surface area contributed by atoms with E-state index in [1.807, 2.05) is 6.92 Å². The van der Waals surface area contributed by atoms with Crippen LogP contribution in [0.5, 0.6) is 0 Å². The standard InChI is InChI=1S/C18H19BrF2N2O2S/c1-10(3-4-12-5-6-13(20)14(21)9-12)22-17(24)11(2)23-18(25)15-7-8-16(19)26-15/h5-11H,3-4H2,1-2H3,(H,22,24)(H,23,25). The number of carbonyl (C=O) groups excluding carboxylic acids is 2. The molecule has 2 amide bonds. The van der Waals surface area contributed by atoms with Crippen molar-refractivity contribution < 1.29 is 18.4 Å². The first kappa shape index (κ1) is 20.5. The van der Waals surface area contributed by atoms with Crippen LogP contribution in [-0.4, -0.2) is 23.9 Å².